The van der Waals surface area contributed by atoms with Gasteiger partial charge in [0.25, 0.3) is 0 Å². The molecule has 0 saturated heterocycles. The summed E-state index contributed by atoms with van der Waals surface area (Å²) in [5.74, 6) is -12.3. The summed E-state index contributed by atoms with van der Waals surface area (Å²) >= 11 is 0. The van der Waals surface area contributed by atoms with Gasteiger partial charge in [-0.15, -0.1) is 0 Å². The van der Waals surface area contributed by atoms with Crippen molar-refractivity contribution in [3.05, 3.63) is 64.5 Å². The Bertz CT molecular complexity index is 821. The van der Waals surface area contributed by atoms with E-state index in [2.05, 4.69) is 0 Å². The third-order valence-corrected chi connectivity index (χ3v) is 3.16. The number of hydrazine groups is 1. The summed E-state index contributed by atoms with van der Waals surface area (Å²) in [7, 11) is 0. The Morgan fingerprint density at radius 3 is 1.96 bits per heavy atom. The number of halogens is 8. The van der Waals surface area contributed by atoms with E-state index in [9.17, 15) is 39.9 Å². The number of nitrogens with one attached hydrogen (secondary N) is 2. The van der Waals surface area contributed by atoms with Crippen molar-refractivity contribution in [2.45, 2.75) is 12.6 Å². The number of hydrogen-bond acceptors (Lipinski definition) is 2. The first-order valence-corrected chi connectivity index (χ1v) is 6.74. The fraction of sp³-hybridized carbons (Fsp3) is 0.133. The summed E-state index contributed by atoms with van der Waals surface area (Å²) in [6, 6.07) is 3.68. The topological polar surface area (TPSA) is 41.1 Å². The van der Waals surface area contributed by atoms with Crippen LogP contribution in [-0.2, 0) is 17.4 Å². The number of carbonyl (C=O) groups is 1. The van der Waals surface area contributed by atoms with Gasteiger partial charge in [0.2, 0.25) is 11.7 Å². The summed E-state index contributed by atoms with van der Waals surface area (Å²) in [6.07, 6.45) is -5.29. The van der Waals surface area contributed by atoms with Crippen LogP contribution in [0.25, 0.3) is 0 Å². The molecule has 0 aliphatic rings. The van der Waals surface area contributed by atoms with E-state index in [-0.39, 0.29) is 5.56 Å². The zero-order valence-corrected chi connectivity index (χ0v) is 12.4. The van der Waals surface area contributed by atoms with Crippen LogP contribution in [-0.4, -0.2) is 5.91 Å². The lowest BCUT2D eigenvalue weighted by molar-refractivity contribution is -0.137. The Balaban J connectivity index is 2.11. The molecule has 0 spiro atoms. The van der Waals surface area contributed by atoms with Crippen LogP contribution < -0.4 is 10.9 Å². The van der Waals surface area contributed by atoms with Crippen molar-refractivity contribution in [1.82, 2.24) is 5.43 Å². The predicted molar refractivity (Wildman–Crippen MR) is 73.1 cm³/mol. The Morgan fingerprint density at radius 2 is 1.42 bits per heavy atom. The van der Waals surface area contributed by atoms with Crippen molar-refractivity contribution >= 4 is 11.6 Å². The molecular formula is C15H8F8N2O. The van der Waals surface area contributed by atoms with Crippen LogP contribution in [0.15, 0.2) is 24.3 Å². The van der Waals surface area contributed by atoms with E-state index < -0.39 is 58.8 Å². The van der Waals surface area contributed by atoms with Crippen molar-refractivity contribution in [2.75, 3.05) is 5.43 Å². The molecular weight excluding hydrogens is 376 g/mol. The Morgan fingerprint density at radius 1 is 0.885 bits per heavy atom. The van der Waals surface area contributed by atoms with Crippen molar-refractivity contribution in [2.24, 2.45) is 0 Å². The molecule has 0 fully saturated rings. The van der Waals surface area contributed by atoms with E-state index in [4.69, 9.17) is 0 Å². The van der Waals surface area contributed by atoms with Crippen molar-refractivity contribution < 1.29 is 39.9 Å². The molecule has 3 nitrogen and oxygen atoms in total. The van der Waals surface area contributed by atoms with Crippen LogP contribution in [0.3, 0.4) is 0 Å². The van der Waals surface area contributed by atoms with Gasteiger partial charge in [0.05, 0.1) is 12.0 Å². The summed E-state index contributed by atoms with van der Waals surface area (Å²) in [5.41, 5.74) is 0.586. The van der Waals surface area contributed by atoms with Crippen molar-refractivity contribution in [3.63, 3.8) is 0 Å². The second kappa shape index (κ2) is 7.18. The molecule has 0 radical (unpaired) electrons. The van der Waals surface area contributed by atoms with E-state index in [0.29, 0.717) is 6.07 Å². The molecule has 1 amide bonds. The molecule has 0 atom stereocenters. The first-order valence-electron chi connectivity index (χ1n) is 6.74. The second-order valence-corrected chi connectivity index (χ2v) is 4.99. The zero-order chi connectivity index (χ0) is 19.6. The number of alkyl halides is 3. The summed E-state index contributed by atoms with van der Waals surface area (Å²) in [5, 5.41) is 0. The Hall–Kier alpha value is -2.85. The number of carbonyl (C=O) groups excluding carboxylic acids is 1. The third-order valence-electron chi connectivity index (χ3n) is 3.16. The first kappa shape index (κ1) is 19.5. The minimum Gasteiger partial charge on any atom is -0.293 e. The van der Waals surface area contributed by atoms with E-state index >= 15 is 0 Å². The monoisotopic (exact) mass is 384 g/mol. The molecule has 2 N–H and O–H groups in total. The largest absolute Gasteiger partial charge is 0.416 e. The zero-order valence-electron chi connectivity index (χ0n) is 12.4. The SMILES string of the molecule is O=C(Cc1cccc(C(F)(F)F)c1)NNc1c(F)c(F)c(F)c(F)c1F. The second-order valence-electron chi connectivity index (χ2n) is 4.99. The van der Waals surface area contributed by atoms with Gasteiger partial charge in [0, 0.05) is 0 Å². The van der Waals surface area contributed by atoms with Gasteiger partial charge < -0.3 is 0 Å². The van der Waals surface area contributed by atoms with Crippen LogP contribution in [0.5, 0.6) is 0 Å². The van der Waals surface area contributed by atoms with Gasteiger partial charge in [-0.2, -0.15) is 13.2 Å². The van der Waals surface area contributed by atoms with Gasteiger partial charge in [0.1, 0.15) is 5.69 Å². The molecule has 0 aromatic heterocycles. The highest BCUT2D eigenvalue weighted by Gasteiger charge is 2.30. The number of amides is 1. The highest BCUT2D eigenvalue weighted by atomic mass is 19.4. The summed E-state index contributed by atoms with van der Waals surface area (Å²) in [4.78, 5) is 11.6. The molecule has 0 aliphatic carbocycles. The van der Waals surface area contributed by atoms with Crippen molar-refractivity contribution in [3.8, 4) is 0 Å². The van der Waals surface area contributed by atoms with E-state index in [1.807, 2.05) is 0 Å². The average molecular weight is 384 g/mol. The maximum atomic E-state index is 13.4. The lowest BCUT2D eigenvalue weighted by Crippen LogP contribution is -2.32. The molecule has 26 heavy (non-hydrogen) atoms. The summed E-state index contributed by atoms with van der Waals surface area (Å²) < 4.78 is 103. The molecule has 140 valence electrons. The van der Waals surface area contributed by atoms with E-state index in [1.54, 1.807) is 5.43 Å². The smallest absolute Gasteiger partial charge is 0.293 e. The molecule has 2 aromatic rings. The average Bonchev–Trinajstić information content (AvgIpc) is 2.57. The molecule has 0 aliphatic heterocycles. The summed E-state index contributed by atoms with van der Waals surface area (Å²) in [6.45, 7) is 0. The number of hydrogen-bond donors (Lipinski definition) is 2. The number of benzene rings is 2. The number of rotatable bonds is 4. The van der Waals surface area contributed by atoms with Crippen LogP contribution >= 0.6 is 0 Å². The lowest BCUT2D eigenvalue weighted by atomic mass is 10.1. The fourth-order valence-electron chi connectivity index (χ4n) is 1.93. The molecule has 2 rings (SSSR count). The minimum absolute atomic E-state index is 0.0865. The minimum atomic E-state index is -4.64. The van der Waals surface area contributed by atoms with Gasteiger partial charge in [-0.3, -0.25) is 15.6 Å². The highest BCUT2D eigenvalue weighted by molar-refractivity contribution is 5.80. The Kier molecular flexibility index (Phi) is 5.38. The van der Waals surface area contributed by atoms with Crippen LogP contribution in [0.2, 0.25) is 0 Å². The van der Waals surface area contributed by atoms with Gasteiger partial charge in [-0.05, 0) is 11.6 Å². The highest BCUT2D eigenvalue weighted by Crippen LogP contribution is 2.30. The molecule has 0 unspecified atom stereocenters. The molecule has 2 aromatic carbocycles. The van der Waals surface area contributed by atoms with Crippen molar-refractivity contribution in [1.29, 1.82) is 0 Å². The van der Waals surface area contributed by atoms with Gasteiger partial charge >= 0.3 is 6.18 Å². The third kappa shape index (κ3) is 4.03. The van der Waals surface area contributed by atoms with Crippen LogP contribution in [0.1, 0.15) is 11.1 Å². The van der Waals surface area contributed by atoms with Crippen LogP contribution in [0, 0.1) is 29.1 Å². The number of anilines is 1. The quantitative estimate of drug-likeness (QED) is 0.361. The normalized spacial score (nSPS) is 11.4. The maximum absolute atomic E-state index is 13.4. The fourth-order valence-corrected chi connectivity index (χ4v) is 1.93. The molecule has 11 heteroatoms. The molecule has 0 saturated carbocycles. The standard InChI is InChI=1S/C15H8F8N2O/c16-9-10(17)12(19)14(13(20)11(9)18)25-24-8(26)5-6-2-1-3-7(4-6)15(21,22)23/h1-4,25H,5H2,(H,24,26). The maximum Gasteiger partial charge on any atom is 0.416 e. The van der Waals surface area contributed by atoms with E-state index in [0.717, 1.165) is 12.1 Å². The molecule has 0 heterocycles. The first-order chi connectivity index (χ1) is 12.0. The molecule has 0 bridgehead atoms. The predicted octanol–water partition coefficient (Wildman–Crippen LogP) is 4.09. The van der Waals surface area contributed by atoms with Crippen LogP contribution in [0.4, 0.5) is 40.8 Å². The van der Waals surface area contributed by atoms with Gasteiger partial charge in [-0.25, -0.2) is 22.0 Å². The van der Waals surface area contributed by atoms with E-state index in [1.165, 1.54) is 11.5 Å². The lowest BCUT2D eigenvalue weighted by Gasteiger charge is -2.12. The Labute approximate surface area is 140 Å². The van der Waals surface area contributed by atoms with Gasteiger partial charge in [-0.1, -0.05) is 18.2 Å². The van der Waals surface area contributed by atoms with Gasteiger partial charge in [0.15, 0.2) is 23.3 Å².